The number of hydrogen-bond acceptors (Lipinski definition) is 9. The van der Waals surface area contributed by atoms with E-state index in [1.54, 1.807) is 0 Å². The molecule has 0 aromatic carbocycles. The summed E-state index contributed by atoms with van der Waals surface area (Å²) in [7, 11) is 1.88. The summed E-state index contributed by atoms with van der Waals surface area (Å²) < 4.78 is 0. The monoisotopic (exact) mass is 402 g/mol. The third-order valence-electron chi connectivity index (χ3n) is 4.73. The van der Waals surface area contributed by atoms with Gasteiger partial charge in [-0.25, -0.2) is 0 Å². The molecule has 1 heterocycles. The highest BCUT2D eigenvalue weighted by molar-refractivity contribution is 5.77. The zero-order chi connectivity index (χ0) is 20.9. The standard InChI is InChI=1S/C17H38N8O3/c1-20-8-16(19)9-21-5-6-22-11-17(7-18,12-24-13-23-10-16)25-14(26)3-2-4-15(27)28/h20-24H,2-13,18-19H2,1H3,(H,25,26)(H,27,28)/t16-,17+/m1/s1. The molecule has 0 radical (unpaired) electrons. The molecule has 0 saturated carbocycles. The van der Waals surface area contributed by atoms with Crippen LogP contribution < -0.4 is 43.4 Å². The van der Waals surface area contributed by atoms with E-state index in [0.717, 1.165) is 6.54 Å². The van der Waals surface area contributed by atoms with Crippen molar-refractivity contribution in [2.45, 2.75) is 30.3 Å². The van der Waals surface area contributed by atoms with E-state index in [1.165, 1.54) is 0 Å². The average Bonchev–Trinajstić information content (AvgIpc) is 2.64. The molecule has 1 rings (SSSR count). The van der Waals surface area contributed by atoms with Crippen LogP contribution in [0.5, 0.6) is 0 Å². The van der Waals surface area contributed by atoms with Gasteiger partial charge in [0.25, 0.3) is 0 Å². The van der Waals surface area contributed by atoms with Crippen LogP contribution in [0.1, 0.15) is 19.3 Å². The lowest BCUT2D eigenvalue weighted by Crippen LogP contribution is -2.65. The highest BCUT2D eigenvalue weighted by Crippen LogP contribution is 2.04. The number of carbonyl (C=O) groups excluding carboxylic acids is 1. The highest BCUT2D eigenvalue weighted by Gasteiger charge is 2.30. The molecule has 0 aliphatic carbocycles. The van der Waals surface area contributed by atoms with Crippen LogP contribution in [-0.4, -0.2) is 94.1 Å². The van der Waals surface area contributed by atoms with Crippen LogP contribution in [0.4, 0.5) is 0 Å². The molecule has 1 saturated heterocycles. The largest absolute Gasteiger partial charge is 0.481 e. The summed E-state index contributed by atoms with van der Waals surface area (Å²) >= 11 is 0. The van der Waals surface area contributed by atoms with Gasteiger partial charge in [0.1, 0.15) is 0 Å². The number of amides is 1. The fourth-order valence-electron chi connectivity index (χ4n) is 3.19. The molecule has 164 valence electrons. The Balaban J connectivity index is 2.64. The van der Waals surface area contributed by atoms with Crippen molar-refractivity contribution in [3.05, 3.63) is 0 Å². The van der Waals surface area contributed by atoms with Gasteiger partial charge in [0.15, 0.2) is 0 Å². The van der Waals surface area contributed by atoms with Gasteiger partial charge in [-0.05, 0) is 13.5 Å². The van der Waals surface area contributed by atoms with Crippen molar-refractivity contribution >= 4 is 11.9 Å². The molecule has 0 bridgehead atoms. The molecular formula is C17H38N8O3. The summed E-state index contributed by atoms with van der Waals surface area (Å²) in [6, 6.07) is 0. The smallest absolute Gasteiger partial charge is 0.303 e. The quantitative estimate of drug-likeness (QED) is 0.196. The van der Waals surface area contributed by atoms with E-state index in [2.05, 4.69) is 31.9 Å². The number of nitrogens with two attached hydrogens (primary N) is 2. The third kappa shape index (κ3) is 9.73. The number of carbonyl (C=O) groups is 2. The second kappa shape index (κ2) is 13.0. The predicted octanol–water partition coefficient (Wildman–Crippen LogP) is -3.70. The first-order chi connectivity index (χ1) is 13.3. The Labute approximate surface area is 167 Å². The Morgan fingerprint density at radius 2 is 1.64 bits per heavy atom. The first-order valence-corrected chi connectivity index (χ1v) is 9.84. The molecule has 11 heteroatoms. The van der Waals surface area contributed by atoms with Crippen LogP contribution in [0.15, 0.2) is 0 Å². The van der Waals surface area contributed by atoms with Crippen molar-refractivity contribution in [2.75, 3.05) is 66.1 Å². The topological polar surface area (TPSA) is 179 Å². The molecule has 28 heavy (non-hydrogen) atoms. The number of hydrogen-bond donors (Lipinski definition) is 9. The summed E-state index contributed by atoms with van der Waals surface area (Å²) in [4.78, 5) is 22.9. The minimum Gasteiger partial charge on any atom is -0.481 e. The van der Waals surface area contributed by atoms with Gasteiger partial charge in [0.2, 0.25) is 5.91 Å². The van der Waals surface area contributed by atoms with Gasteiger partial charge >= 0.3 is 5.97 Å². The Kier molecular flexibility index (Phi) is 11.5. The Morgan fingerprint density at radius 1 is 1.04 bits per heavy atom. The van der Waals surface area contributed by atoms with Gasteiger partial charge in [0.05, 0.1) is 11.1 Å². The maximum atomic E-state index is 12.3. The second-order valence-corrected chi connectivity index (χ2v) is 7.56. The van der Waals surface area contributed by atoms with Crippen molar-refractivity contribution in [1.29, 1.82) is 0 Å². The Bertz CT molecular complexity index is 481. The first kappa shape index (κ1) is 24.7. The minimum absolute atomic E-state index is 0.0252. The van der Waals surface area contributed by atoms with Crippen LogP contribution >= 0.6 is 0 Å². The number of carboxylic acids is 1. The van der Waals surface area contributed by atoms with Gasteiger partial charge in [-0.3, -0.25) is 9.59 Å². The Morgan fingerprint density at radius 3 is 2.29 bits per heavy atom. The SMILES string of the molecule is CNC[C@@]1(N)CNCCNC[C@](CN)(NC(=O)CCCC(=O)O)CNCNC1. The summed E-state index contributed by atoms with van der Waals surface area (Å²) in [6.45, 7) is 5.19. The van der Waals surface area contributed by atoms with E-state index < -0.39 is 17.0 Å². The van der Waals surface area contributed by atoms with Gasteiger partial charge in [-0.1, -0.05) is 0 Å². The minimum atomic E-state index is -0.903. The molecule has 1 fully saturated rings. The van der Waals surface area contributed by atoms with Crippen LogP contribution in [-0.2, 0) is 9.59 Å². The van der Waals surface area contributed by atoms with Gasteiger partial charge in [-0.15, -0.1) is 0 Å². The van der Waals surface area contributed by atoms with E-state index in [1.807, 2.05) is 7.05 Å². The van der Waals surface area contributed by atoms with Crippen molar-refractivity contribution < 1.29 is 14.7 Å². The van der Waals surface area contributed by atoms with Crippen molar-refractivity contribution in [1.82, 2.24) is 31.9 Å². The van der Waals surface area contributed by atoms with Crippen LogP contribution in [0, 0.1) is 0 Å². The lowest BCUT2D eigenvalue weighted by atomic mass is 9.98. The van der Waals surface area contributed by atoms with E-state index in [9.17, 15) is 9.59 Å². The molecule has 1 aliphatic rings. The molecule has 11 N–H and O–H groups in total. The molecule has 1 amide bonds. The zero-order valence-electron chi connectivity index (χ0n) is 16.9. The van der Waals surface area contributed by atoms with E-state index >= 15 is 0 Å². The maximum Gasteiger partial charge on any atom is 0.303 e. The van der Waals surface area contributed by atoms with Crippen molar-refractivity contribution in [3.8, 4) is 0 Å². The Hall–Kier alpha value is -1.34. The fraction of sp³-hybridized carbons (Fsp3) is 0.882. The van der Waals surface area contributed by atoms with Gasteiger partial charge < -0.3 is 48.5 Å². The summed E-state index contributed by atoms with van der Waals surface area (Å²) in [5, 5.41) is 28.1. The van der Waals surface area contributed by atoms with E-state index in [4.69, 9.17) is 16.6 Å². The normalized spacial score (nSPS) is 27.8. The van der Waals surface area contributed by atoms with Crippen LogP contribution in [0.3, 0.4) is 0 Å². The summed E-state index contributed by atoms with van der Waals surface area (Å²) in [5.74, 6) is -1.10. The van der Waals surface area contributed by atoms with Crippen LogP contribution in [0.25, 0.3) is 0 Å². The van der Waals surface area contributed by atoms with Gasteiger partial charge in [0, 0.05) is 71.9 Å². The lowest BCUT2D eigenvalue weighted by Gasteiger charge is -2.34. The number of carboxylic acid groups (broad SMARTS) is 1. The zero-order valence-corrected chi connectivity index (χ0v) is 16.9. The molecule has 0 unspecified atom stereocenters. The number of rotatable bonds is 8. The molecule has 0 aromatic rings. The lowest BCUT2D eigenvalue weighted by molar-refractivity contribution is -0.137. The van der Waals surface area contributed by atoms with Crippen molar-refractivity contribution in [3.63, 3.8) is 0 Å². The molecule has 2 atom stereocenters. The summed E-state index contributed by atoms with van der Waals surface area (Å²) in [5.41, 5.74) is 11.4. The number of nitrogens with one attached hydrogen (secondary N) is 6. The average molecular weight is 403 g/mol. The molecular weight excluding hydrogens is 364 g/mol. The molecule has 0 aromatic heterocycles. The number of likely N-dealkylation sites (N-methyl/N-ethyl adjacent to an activating group) is 1. The first-order valence-electron chi connectivity index (χ1n) is 9.84. The van der Waals surface area contributed by atoms with E-state index in [0.29, 0.717) is 52.4 Å². The molecule has 1 aliphatic heterocycles. The van der Waals surface area contributed by atoms with E-state index in [-0.39, 0.29) is 25.3 Å². The summed E-state index contributed by atoms with van der Waals surface area (Å²) in [6.07, 6.45) is 0.439. The third-order valence-corrected chi connectivity index (χ3v) is 4.73. The second-order valence-electron chi connectivity index (χ2n) is 7.56. The highest BCUT2D eigenvalue weighted by atomic mass is 16.4. The van der Waals surface area contributed by atoms with Crippen LogP contribution in [0.2, 0.25) is 0 Å². The molecule has 11 nitrogen and oxygen atoms in total. The van der Waals surface area contributed by atoms with Gasteiger partial charge in [-0.2, -0.15) is 0 Å². The molecule has 0 spiro atoms. The predicted molar refractivity (Wildman–Crippen MR) is 109 cm³/mol. The fourth-order valence-corrected chi connectivity index (χ4v) is 3.19. The number of aliphatic carboxylic acids is 1. The maximum absolute atomic E-state index is 12.3. The van der Waals surface area contributed by atoms with Crippen molar-refractivity contribution in [2.24, 2.45) is 11.5 Å².